The van der Waals surface area contributed by atoms with Crippen molar-refractivity contribution in [1.82, 2.24) is 9.97 Å². The van der Waals surface area contributed by atoms with Crippen LogP contribution in [-0.4, -0.2) is 29.1 Å². The Bertz CT molecular complexity index is 936. The van der Waals surface area contributed by atoms with Crippen molar-refractivity contribution in [3.05, 3.63) is 48.8 Å². The second-order valence-corrected chi connectivity index (χ2v) is 6.12. The molecule has 1 aliphatic heterocycles. The third-order valence-corrected chi connectivity index (χ3v) is 4.43. The maximum atomic E-state index is 12.3. The van der Waals surface area contributed by atoms with Crippen molar-refractivity contribution in [2.24, 2.45) is 5.92 Å². The molecule has 1 aliphatic rings. The Hall–Kier alpha value is -2.99. The van der Waals surface area contributed by atoms with Crippen LogP contribution in [0.1, 0.15) is 6.42 Å². The molecule has 126 valence electrons. The lowest BCUT2D eigenvalue weighted by atomic mass is 10.0. The fraction of sp³-hybridized carbons (Fsp3) is 0.211. The van der Waals surface area contributed by atoms with Crippen molar-refractivity contribution in [3.63, 3.8) is 0 Å². The third kappa shape index (κ3) is 3.16. The van der Waals surface area contributed by atoms with Crippen LogP contribution in [0.25, 0.3) is 22.0 Å². The quantitative estimate of drug-likeness (QED) is 0.768. The predicted molar refractivity (Wildman–Crippen MR) is 96.9 cm³/mol. The molecule has 3 aromatic rings. The standard InChI is InChI=1S/C19H18N4O2/c20-18-16-9-13(4-5-17(16)21-11-22-18)12-2-1-3-15(8-12)23-19(24)14-6-7-25-10-14/h1-5,8-9,11,14H,6-7,10H2,(H,23,24)(H2,20,21,22). The molecule has 1 amide bonds. The summed E-state index contributed by atoms with van der Waals surface area (Å²) in [6.45, 7) is 1.15. The van der Waals surface area contributed by atoms with Crippen molar-refractivity contribution >= 4 is 28.3 Å². The van der Waals surface area contributed by atoms with Crippen LogP contribution in [0.5, 0.6) is 0 Å². The number of ether oxygens (including phenoxy) is 1. The van der Waals surface area contributed by atoms with Gasteiger partial charge in [-0.05, 0) is 41.8 Å². The number of amides is 1. The van der Waals surface area contributed by atoms with Crippen molar-refractivity contribution < 1.29 is 9.53 Å². The van der Waals surface area contributed by atoms with Gasteiger partial charge in [0.05, 0.1) is 18.0 Å². The van der Waals surface area contributed by atoms with E-state index in [4.69, 9.17) is 10.5 Å². The summed E-state index contributed by atoms with van der Waals surface area (Å²) in [4.78, 5) is 20.5. The summed E-state index contributed by atoms with van der Waals surface area (Å²) in [6.07, 6.45) is 2.23. The molecule has 0 radical (unpaired) electrons. The van der Waals surface area contributed by atoms with Crippen molar-refractivity contribution in [2.45, 2.75) is 6.42 Å². The summed E-state index contributed by atoms with van der Waals surface area (Å²) < 4.78 is 5.28. The van der Waals surface area contributed by atoms with Crippen LogP contribution in [0.3, 0.4) is 0 Å². The second kappa shape index (κ2) is 6.49. The number of nitrogens with two attached hydrogens (primary N) is 1. The number of aromatic nitrogens is 2. The van der Waals surface area contributed by atoms with Crippen LogP contribution in [0.15, 0.2) is 48.8 Å². The molecule has 0 bridgehead atoms. The van der Waals surface area contributed by atoms with Crippen LogP contribution >= 0.6 is 0 Å². The van der Waals surface area contributed by atoms with E-state index in [1.807, 2.05) is 42.5 Å². The average Bonchev–Trinajstić information content (AvgIpc) is 3.17. The van der Waals surface area contributed by atoms with E-state index in [-0.39, 0.29) is 11.8 Å². The maximum absolute atomic E-state index is 12.3. The molecule has 2 heterocycles. The Kier molecular flexibility index (Phi) is 4.03. The molecule has 25 heavy (non-hydrogen) atoms. The first-order valence-corrected chi connectivity index (χ1v) is 8.20. The lowest BCUT2D eigenvalue weighted by Gasteiger charge is -2.11. The molecule has 1 atom stereocenters. The Morgan fingerprint density at radius 1 is 1.16 bits per heavy atom. The largest absolute Gasteiger partial charge is 0.383 e. The molecule has 3 N–H and O–H groups in total. The Balaban J connectivity index is 1.62. The van der Waals surface area contributed by atoms with Gasteiger partial charge >= 0.3 is 0 Å². The van der Waals surface area contributed by atoms with Crippen molar-refractivity contribution in [3.8, 4) is 11.1 Å². The van der Waals surface area contributed by atoms with Crippen molar-refractivity contribution in [2.75, 3.05) is 24.3 Å². The zero-order valence-electron chi connectivity index (χ0n) is 13.6. The van der Waals surface area contributed by atoms with E-state index in [0.717, 1.165) is 34.1 Å². The van der Waals surface area contributed by atoms with Gasteiger partial charge in [-0.2, -0.15) is 0 Å². The summed E-state index contributed by atoms with van der Waals surface area (Å²) >= 11 is 0. The minimum absolute atomic E-state index is 0.00538. The Morgan fingerprint density at radius 3 is 2.88 bits per heavy atom. The average molecular weight is 334 g/mol. The van der Waals surface area contributed by atoms with Crippen LogP contribution in [-0.2, 0) is 9.53 Å². The molecule has 1 aromatic heterocycles. The smallest absolute Gasteiger partial charge is 0.229 e. The van der Waals surface area contributed by atoms with E-state index in [9.17, 15) is 4.79 Å². The number of hydrogen-bond acceptors (Lipinski definition) is 5. The molecule has 1 fully saturated rings. The van der Waals surface area contributed by atoms with E-state index in [1.54, 1.807) is 0 Å². The topological polar surface area (TPSA) is 90.1 Å². The zero-order valence-corrected chi connectivity index (χ0v) is 13.6. The molecular weight excluding hydrogens is 316 g/mol. The number of nitrogens with zero attached hydrogens (tertiary/aromatic N) is 2. The number of anilines is 2. The molecule has 4 rings (SSSR count). The van der Waals surface area contributed by atoms with Gasteiger partial charge in [0.1, 0.15) is 12.1 Å². The van der Waals surface area contributed by atoms with Gasteiger partial charge in [0.25, 0.3) is 0 Å². The van der Waals surface area contributed by atoms with Crippen LogP contribution in [0.4, 0.5) is 11.5 Å². The summed E-state index contributed by atoms with van der Waals surface area (Å²) in [5.74, 6) is 0.393. The highest BCUT2D eigenvalue weighted by Gasteiger charge is 2.23. The summed E-state index contributed by atoms with van der Waals surface area (Å²) in [5, 5.41) is 3.79. The number of carbonyl (C=O) groups is 1. The van der Waals surface area contributed by atoms with Gasteiger partial charge in [0.2, 0.25) is 5.91 Å². The minimum Gasteiger partial charge on any atom is -0.383 e. The first-order chi connectivity index (χ1) is 12.2. The van der Waals surface area contributed by atoms with E-state index < -0.39 is 0 Å². The summed E-state index contributed by atoms with van der Waals surface area (Å²) in [5.41, 5.74) is 9.51. The third-order valence-electron chi connectivity index (χ3n) is 4.43. The van der Waals surface area contributed by atoms with Gasteiger partial charge in [-0.1, -0.05) is 18.2 Å². The highest BCUT2D eigenvalue weighted by atomic mass is 16.5. The van der Waals surface area contributed by atoms with Crippen LogP contribution in [0.2, 0.25) is 0 Å². The molecule has 6 heteroatoms. The van der Waals surface area contributed by atoms with Gasteiger partial charge in [-0.15, -0.1) is 0 Å². The van der Waals surface area contributed by atoms with E-state index in [2.05, 4.69) is 15.3 Å². The normalized spacial score (nSPS) is 16.9. The highest BCUT2D eigenvalue weighted by Crippen LogP contribution is 2.27. The SMILES string of the molecule is Nc1ncnc2ccc(-c3cccc(NC(=O)C4CCOC4)c3)cc12. The van der Waals surface area contributed by atoms with Gasteiger partial charge in [0, 0.05) is 17.7 Å². The number of fused-ring (bicyclic) bond motifs is 1. The fourth-order valence-corrected chi connectivity index (χ4v) is 3.02. The van der Waals surface area contributed by atoms with Crippen LogP contribution < -0.4 is 11.1 Å². The van der Waals surface area contributed by atoms with E-state index in [1.165, 1.54) is 6.33 Å². The lowest BCUT2D eigenvalue weighted by Crippen LogP contribution is -2.22. The van der Waals surface area contributed by atoms with Gasteiger partial charge in [0.15, 0.2) is 0 Å². The maximum Gasteiger partial charge on any atom is 0.229 e. The first kappa shape index (κ1) is 15.5. The predicted octanol–water partition coefficient (Wildman–Crippen LogP) is 2.85. The Labute approximate surface area is 145 Å². The fourth-order valence-electron chi connectivity index (χ4n) is 3.02. The van der Waals surface area contributed by atoms with Gasteiger partial charge < -0.3 is 15.8 Å². The summed E-state index contributed by atoms with van der Waals surface area (Å²) in [7, 11) is 0. The van der Waals surface area contributed by atoms with Gasteiger partial charge in [-0.25, -0.2) is 9.97 Å². The second-order valence-electron chi connectivity index (χ2n) is 6.12. The number of nitrogens with one attached hydrogen (secondary N) is 1. The highest BCUT2D eigenvalue weighted by molar-refractivity contribution is 5.94. The molecule has 1 unspecified atom stereocenters. The molecular formula is C19H18N4O2. The molecule has 1 saturated heterocycles. The Morgan fingerprint density at radius 2 is 2.04 bits per heavy atom. The lowest BCUT2D eigenvalue weighted by molar-refractivity contribution is -0.119. The molecule has 0 aliphatic carbocycles. The van der Waals surface area contributed by atoms with Gasteiger partial charge in [-0.3, -0.25) is 4.79 Å². The van der Waals surface area contributed by atoms with Crippen molar-refractivity contribution in [1.29, 1.82) is 0 Å². The summed E-state index contributed by atoms with van der Waals surface area (Å²) in [6, 6.07) is 13.6. The molecule has 6 nitrogen and oxygen atoms in total. The molecule has 0 saturated carbocycles. The minimum atomic E-state index is -0.0683. The molecule has 0 spiro atoms. The number of nitrogen functional groups attached to an aromatic ring is 1. The van der Waals surface area contributed by atoms with E-state index >= 15 is 0 Å². The number of benzene rings is 2. The monoisotopic (exact) mass is 334 g/mol. The number of rotatable bonds is 3. The van der Waals surface area contributed by atoms with Crippen LogP contribution in [0, 0.1) is 5.92 Å². The zero-order chi connectivity index (χ0) is 17.2. The first-order valence-electron chi connectivity index (χ1n) is 8.20. The number of carbonyl (C=O) groups excluding carboxylic acids is 1. The van der Waals surface area contributed by atoms with E-state index in [0.29, 0.717) is 19.0 Å². The molecule has 2 aromatic carbocycles. The number of hydrogen-bond donors (Lipinski definition) is 2.